The van der Waals surface area contributed by atoms with Gasteiger partial charge in [-0.1, -0.05) is 42.5 Å². The van der Waals surface area contributed by atoms with Gasteiger partial charge in [-0.15, -0.1) is 12.4 Å². The number of benzene rings is 2. The fraction of sp³-hybridized carbons (Fsp3) is 0.462. The third-order valence-corrected chi connectivity index (χ3v) is 6.24. The maximum Gasteiger partial charge on any atom is 0.416 e. The lowest BCUT2D eigenvalue weighted by Gasteiger charge is -2.40. The van der Waals surface area contributed by atoms with Gasteiger partial charge < -0.3 is 25.8 Å². The molecule has 1 heterocycles. The van der Waals surface area contributed by atoms with Crippen molar-refractivity contribution in [3.8, 4) is 0 Å². The number of rotatable bonds is 8. The number of hydrogen-bond donors (Lipinski definition) is 3. The van der Waals surface area contributed by atoms with E-state index in [2.05, 4.69) is 5.32 Å². The number of ether oxygens (including phenoxy) is 1. The highest BCUT2D eigenvalue weighted by Crippen LogP contribution is 2.35. The van der Waals surface area contributed by atoms with Gasteiger partial charge in [0.15, 0.2) is 0 Å². The molecule has 1 fully saturated rings. The maximum absolute atomic E-state index is 13.3. The molecule has 0 unspecified atom stereocenters. The molecule has 0 radical (unpaired) electrons. The van der Waals surface area contributed by atoms with Crippen LogP contribution in [0.3, 0.4) is 0 Å². The summed E-state index contributed by atoms with van der Waals surface area (Å²) in [6, 6.07) is 12.8. The molecule has 0 aromatic heterocycles. The van der Waals surface area contributed by atoms with Crippen molar-refractivity contribution in [2.24, 2.45) is 5.73 Å². The Hall–Kier alpha value is -2.66. The number of halogens is 4. The topological polar surface area (TPSA) is 105 Å². The Morgan fingerprint density at radius 1 is 1.08 bits per heavy atom. The molecular weight excluding hydrogens is 511 g/mol. The van der Waals surface area contributed by atoms with Gasteiger partial charge in [0.2, 0.25) is 11.8 Å². The quantitative estimate of drug-likeness (QED) is 0.473. The summed E-state index contributed by atoms with van der Waals surface area (Å²) in [6.45, 7) is 3.55. The zero-order valence-corrected chi connectivity index (χ0v) is 21.6. The van der Waals surface area contributed by atoms with E-state index in [0.717, 1.165) is 17.7 Å². The van der Waals surface area contributed by atoms with E-state index < -0.39 is 34.8 Å². The highest BCUT2D eigenvalue weighted by atomic mass is 35.5. The number of amides is 2. The Bertz CT molecular complexity index is 1040. The van der Waals surface area contributed by atoms with E-state index in [1.54, 1.807) is 0 Å². The largest absolute Gasteiger partial charge is 0.416 e. The first-order valence-corrected chi connectivity index (χ1v) is 11.7. The summed E-state index contributed by atoms with van der Waals surface area (Å²) in [5.41, 5.74) is 3.80. The van der Waals surface area contributed by atoms with Gasteiger partial charge in [0.05, 0.1) is 29.9 Å². The molecule has 11 heteroatoms. The third-order valence-electron chi connectivity index (χ3n) is 6.24. The smallest absolute Gasteiger partial charge is 0.385 e. The number of carbonyl (C=O) groups excluding carboxylic acids is 2. The summed E-state index contributed by atoms with van der Waals surface area (Å²) in [5.74, 6) is -0.891. The van der Waals surface area contributed by atoms with Crippen molar-refractivity contribution in [3.05, 3.63) is 71.3 Å². The summed E-state index contributed by atoms with van der Waals surface area (Å²) >= 11 is 0. The van der Waals surface area contributed by atoms with Crippen LogP contribution < -0.4 is 11.1 Å². The summed E-state index contributed by atoms with van der Waals surface area (Å²) in [7, 11) is 0. The first kappa shape index (κ1) is 30.6. The molecule has 0 bridgehead atoms. The number of likely N-dealkylation sites (tertiary alicyclic amines) is 1. The van der Waals surface area contributed by atoms with Crippen molar-refractivity contribution < 1.29 is 32.6 Å². The van der Waals surface area contributed by atoms with Crippen molar-refractivity contribution in [3.63, 3.8) is 0 Å². The molecule has 1 saturated heterocycles. The van der Waals surface area contributed by atoms with Gasteiger partial charge in [-0.3, -0.25) is 9.59 Å². The minimum absolute atomic E-state index is 0. The summed E-state index contributed by atoms with van der Waals surface area (Å²) < 4.78 is 44.3. The number of piperidine rings is 1. The Morgan fingerprint density at radius 2 is 1.65 bits per heavy atom. The molecule has 0 spiro atoms. The van der Waals surface area contributed by atoms with E-state index in [9.17, 15) is 27.9 Å². The third kappa shape index (κ3) is 8.16. The Morgan fingerprint density at radius 3 is 2.16 bits per heavy atom. The molecule has 3 rings (SSSR count). The van der Waals surface area contributed by atoms with Gasteiger partial charge in [-0.2, -0.15) is 13.2 Å². The maximum atomic E-state index is 13.3. The Balaban J connectivity index is 0.00000481. The highest BCUT2D eigenvalue weighted by Gasteiger charge is 2.39. The molecule has 1 aliphatic rings. The lowest BCUT2D eigenvalue weighted by atomic mass is 9.84. The van der Waals surface area contributed by atoms with Crippen molar-refractivity contribution >= 4 is 24.2 Å². The number of carbonyl (C=O) groups is 2. The average Bonchev–Trinajstić information content (AvgIpc) is 2.83. The van der Waals surface area contributed by atoms with Crippen LogP contribution in [-0.4, -0.2) is 53.1 Å². The normalized spacial score (nSPS) is 16.5. The zero-order chi connectivity index (χ0) is 26.6. The summed E-state index contributed by atoms with van der Waals surface area (Å²) in [6.07, 6.45) is -4.19. The number of hydrogen-bond acceptors (Lipinski definition) is 5. The van der Waals surface area contributed by atoms with Crippen LogP contribution in [0.4, 0.5) is 13.2 Å². The van der Waals surface area contributed by atoms with E-state index in [1.165, 1.54) is 30.9 Å². The molecule has 37 heavy (non-hydrogen) atoms. The predicted molar refractivity (Wildman–Crippen MR) is 135 cm³/mol. The highest BCUT2D eigenvalue weighted by molar-refractivity contribution is 5.91. The van der Waals surface area contributed by atoms with Gasteiger partial charge in [0.1, 0.15) is 6.04 Å². The molecule has 0 aliphatic carbocycles. The van der Waals surface area contributed by atoms with Crippen LogP contribution in [0.2, 0.25) is 0 Å². The zero-order valence-electron chi connectivity index (χ0n) is 20.8. The predicted octanol–water partition coefficient (Wildman–Crippen LogP) is 3.38. The van der Waals surface area contributed by atoms with Crippen molar-refractivity contribution in [2.45, 2.75) is 56.7 Å². The molecule has 1 aliphatic heterocycles. The Labute approximate surface area is 220 Å². The van der Waals surface area contributed by atoms with Gasteiger partial charge in [0.25, 0.3) is 0 Å². The molecule has 7 nitrogen and oxygen atoms in total. The van der Waals surface area contributed by atoms with Crippen LogP contribution in [0.1, 0.15) is 43.4 Å². The minimum Gasteiger partial charge on any atom is -0.385 e. The van der Waals surface area contributed by atoms with Crippen LogP contribution in [0.15, 0.2) is 54.6 Å². The van der Waals surface area contributed by atoms with Gasteiger partial charge in [-0.05, 0) is 49.9 Å². The second-order valence-electron chi connectivity index (χ2n) is 9.68. The fourth-order valence-electron chi connectivity index (χ4n) is 3.96. The second-order valence-corrected chi connectivity index (χ2v) is 9.68. The van der Waals surface area contributed by atoms with Crippen molar-refractivity contribution in [1.29, 1.82) is 0 Å². The van der Waals surface area contributed by atoms with E-state index in [0.29, 0.717) is 5.56 Å². The lowest BCUT2D eigenvalue weighted by molar-refractivity contribution is -0.143. The fourth-order valence-corrected chi connectivity index (χ4v) is 3.96. The van der Waals surface area contributed by atoms with Crippen LogP contribution in [0, 0.1) is 0 Å². The van der Waals surface area contributed by atoms with Crippen LogP contribution in [0.25, 0.3) is 0 Å². The molecular formula is C26H33ClF3N3O4. The lowest BCUT2D eigenvalue weighted by Crippen LogP contribution is -2.59. The molecule has 0 saturated carbocycles. The van der Waals surface area contributed by atoms with Crippen LogP contribution in [0.5, 0.6) is 0 Å². The average molecular weight is 544 g/mol. The minimum atomic E-state index is -4.46. The monoisotopic (exact) mass is 543 g/mol. The summed E-state index contributed by atoms with van der Waals surface area (Å²) in [5, 5.41) is 13.7. The number of aliphatic hydroxyl groups is 1. The molecule has 2 aromatic rings. The van der Waals surface area contributed by atoms with Crippen molar-refractivity contribution in [1.82, 2.24) is 10.2 Å². The first-order valence-electron chi connectivity index (χ1n) is 11.7. The van der Waals surface area contributed by atoms with Gasteiger partial charge >= 0.3 is 6.18 Å². The SMILES string of the molecule is CC(C)(N)C(=O)N[C@H](COCc1ccccc1)C(=O)N1CCC(O)(c2ccc(C(F)(F)F)cc2)CC1.Cl. The number of nitrogens with zero attached hydrogens (tertiary/aromatic N) is 1. The van der Waals surface area contributed by atoms with E-state index >= 15 is 0 Å². The van der Waals surface area contributed by atoms with Gasteiger partial charge in [0, 0.05) is 13.1 Å². The molecule has 204 valence electrons. The molecule has 2 amide bonds. The van der Waals surface area contributed by atoms with E-state index in [4.69, 9.17) is 10.5 Å². The molecule has 4 N–H and O–H groups in total. The van der Waals surface area contributed by atoms with Crippen LogP contribution in [-0.2, 0) is 32.7 Å². The Kier molecular flexibility index (Phi) is 10.1. The summed E-state index contributed by atoms with van der Waals surface area (Å²) in [4.78, 5) is 27.3. The van der Waals surface area contributed by atoms with E-state index in [-0.39, 0.29) is 57.5 Å². The van der Waals surface area contributed by atoms with E-state index in [1.807, 2.05) is 30.3 Å². The number of nitrogens with two attached hydrogens (primary N) is 1. The second kappa shape index (κ2) is 12.3. The molecule has 2 aromatic carbocycles. The number of nitrogens with one attached hydrogen (secondary N) is 1. The number of alkyl halides is 3. The molecule has 1 atom stereocenters. The van der Waals surface area contributed by atoms with Crippen LogP contribution >= 0.6 is 12.4 Å². The first-order chi connectivity index (χ1) is 16.8. The standard InChI is InChI=1S/C26H32F3N3O4.ClH/c1-24(2,30)23(34)31-21(17-36-16-18-6-4-3-5-7-18)22(33)32-14-12-25(35,13-15-32)19-8-10-20(11-9-19)26(27,28)29;/h3-11,21,35H,12-17,30H2,1-2H3,(H,31,34);1H/t21-;/m1./s1. The van der Waals surface area contributed by atoms with Crippen molar-refractivity contribution in [2.75, 3.05) is 19.7 Å². The van der Waals surface area contributed by atoms with Gasteiger partial charge in [-0.25, -0.2) is 0 Å².